The monoisotopic (exact) mass is 337 g/mol. The summed E-state index contributed by atoms with van der Waals surface area (Å²) in [5.41, 5.74) is 2.34. The Morgan fingerprint density at radius 2 is 2.00 bits per heavy atom. The fourth-order valence-corrected chi connectivity index (χ4v) is 2.37. The summed E-state index contributed by atoms with van der Waals surface area (Å²) in [5, 5.41) is 6.94. The second-order valence-corrected chi connectivity index (χ2v) is 5.74. The van der Waals surface area contributed by atoms with Gasteiger partial charge in [0.15, 0.2) is 5.82 Å². The highest BCUT2D eigenvalue weighted by atomic mass is 16.5. The van der Waals surface area contributed by atoms with Gasteiger partial charge in [-0.2, -0.15) is 0 Å². The van der Waals surface area contributed by atoms with Gasteiger partial charge in [-0.1, -0.05) is 5.16 Å². The lowest BCUT2D eigenvalue weighted by Gasteiger charge is -2.17. The van der Waals surface area contributed by atoms with E-state index in [-0.39, 0.29) is 5.91 Å². The number of rotatable bonds is 6. The number of anilines is 2. The fourth-order valence-electron chi connectivity index (χ4n) is 2.37. The number of carbonyl (C=O) groups is 1. The van der Waals surface area contributed by atoms with Gasteiger partial charge in [0, 0.05) is 38.2 Å². The van der Waals surface area contributed by atoms with Gasteiger partial charge in [0.2, 0.25) is 0 Å². The van der Waals surface area contributed by atoms with Crippen molar-refractivity contribution in [2.45, 2.75) is 13.3 Å². The molecule has 128 valence electrons. The maximum atomic E-state index is 12.6. The Morgan fingerprint density at radius 3 is 2.72 bits per heavy atom. The second-order valence-electron chi connectivity index (χ2n) is 5.74. The van der Waals surface area contributed by atoms with Crippen molar-refractivity contribution in [3.63, 3.8) is 0 Å². The van der Waals surface area contributed by atoms with Crippen LogP contribution in [0.1, 0.15) is 21.7 Å². The molecular formula is C18H19N5O2. The summed E-state index contributed by atoms with van der Waals surface area (Å²) in [4.78, 5) is 22.4. The van der Waals surface area contributed by atoms with Crippen molar-refractivity contribution in [2.75, 3.05) is 18.9 Å². The predicted octanol–water partition coefficient (Wildman–Crippen LogP) is 2.83. The summed E-state index contributed by atoms with van der Waals surface area (Å²) >= 11 is 0. The summed E-state index contributed by atoms with van der Waals surface area (Å²) < 4.78 is 5.01. The maximum absolute atomic E-state index is 12.6. The molecule has 0 aliphatic heterocycles. The van der Waals surface area contributed by atoms with Gasteiger partial charge in [0.05, 0.1) is 17.4 Å². The molecule has 0 atom stereocenters. The van der Waals surface area contributed by atoms with Crippen LogP contribution in [0.2, 0.25) is 0 Å². The zero-order valence-corrected chi connectivity index (χ0v) is 14.1. The first-order valence-corrected chi connectivity index (χ1v) is 7.91. The fraction of sp³-hybridized carbons (Fsp3) is 0.222. The Balaban J connectivity index is 1.64. The van der Waals surface area contributed by atoms with E-state index < -0.39 is 0 Å². The molecule has 1 N–H and O–H groups in total. The Morgan fingerprint density at radius 1 is 1.20 bits per heavy atom. The smallest absolute Gasteiger partial charge is 0.255 e. The van der Waals surface area contributed by atoms with Crippen LogP contribution < -0.4 is 5.32 Å². The van der Waals surface area contributed by atoms with Gasteiger partial charge in [-0.05, 0) is 37.1 Å². The van der Waals surface area contributed by atoms with E-state index in [2.05, 4.69) is 20.4 Å². The van der Waals surface area contributed by atoms with Crippen molar-refractivity contribution >= 4 is 17.4 Å². The normalized spacial score (nSPS) is 10.5. The molecule has 0 aliphatic rings. The third-order valence-electron chi connectivity index (χ3n) is 3.72. The lowest BCUT2D eigenvalue weighted by atomic mass is 10.2. The molecule has 0 unspecified atom stereocenters. The summed E-state index contributed by atoms with van der Waals surface area (Å²) in [6.45, 7) is 2.43. The molecule has 0 aliphatic carbocycles. The molecule has 0 fully saturated rings. The number of nitrogens with zero attached hydrogens (tertiary/aromatic N) is 4. The highest BCUT2D eigenvalue weighted by Crippen LogP contribution is 2.17. The summed E-state index contributed by atoms with van der Waals surface area (Å²) in [7, 11) is 1.78. The van der Waals surface area contributed by atoms with Crippen LogP contribution in [0, 0.1) is 6.92 Å². The molecular weight excluding hydrogens is 318 g/mol. The van der Waals surface area contributed by atoms with E-state index in [0.29, 0.717) is 29.4 Å². The van der Waals surface area contributed by atoms with E-state index in [1.165, 1.54) is 0 Å². The molecule has 0 spiro atoms. The SMILES string of the molecule is Cc1cc(Nc2cncc(C(=O)N(C)CCc3ccncc3)c2)no1. The number of amides is 1. The van der Waals surface area contributed by atoms with Crippen molar-refractivity contribution in [2.24, 2.45) is 0 Å². The van der Waals surface area contributed by atoms with E-state index in [9.17, 15) is 4.79 Å². The maximum Gasteiger partial charge on any atom is 0.255 e. The van der Waals surface area contributed by atoms with Crippen LogP contribution in [-0.2, 0) is 6.42 Å². The standard InChI is InChI=1S/C18H19N5O2/c1-13-9-17(22-25-13)21-16-10-15(11-20-12-16)18(24)23(2)8-5-14-3-6-19-7-4-14/h3-4,6-7,9-12H,5,8H2,1-2H3,(H,21,22). The first-order chi connectivity index (χ1) is 12.1. The summed E-state index contributed by atoms with van der Waals surface area (Å²) in [5.74, 6) is 1.20. The number of carbonyl (C=O) groups excluding carboxylic acids is 1. The molecule has 7 heteroatoms. The number of hydrogen-bond donors (Lipinski definition) is 1. The molecule has 3 aromatic rings. The highest BCUT2D eigenvalue weighted by Gasteiger charge is 2.13. The quantitative estimate of drug-likeness (QED) is 0.744. The summed E-state index contributed by atoms with van der Waals surface area (Å²) in [6, 6.07) is 7.42. The average molecular weight is 337 g/mol. The van der Waals surface area contributed by atoms with E-state index in [1.54, 1.807) is 48.9 Å². The molecule has 0 saturated carbocycles. The summed E-state index contributed by atoms with van der Waals surface area (Å²) in [6.07, 6.45) is 7.47. The molecule has 7 nitrogen and oxygen atoms in total. The first-order valence-electron chi connectivity index (χ1n) is 7.91. The molecule has 0 radical (unpaired) electrons. The third kappa shape index (κ3) is 4.41. The molecule has 25 heavy (non-hydrogen) atoms. The van der Waals surface area contributed by atoms with Crippen LogP contribution in [0.5, 0.6) is 0 Å². The van der Waals surface area contributed by atoms with Crippen molar-refractivity contribution in [1.29, 1.82) is 0 Å². The molecule has 0 bridgehead atoms. The minimum absolute atomic E-state index is 0.0819. The van der Waals surface area contributed by atoms with Crippen molar-refractivity contribution < 1.29 is 9.32 Å². The lowest BCUT2D eigenvalue weighted by molar-refractivity contribution is 0.0796. The van der Waals surface area contributed by atoms with Crippen LogP contribution in [0.3, 0.4) is 0 Å². The van der Waals surface area contributed by atoms with E-state index >= 15 is 0 Å². The zero-order chi connectivity index (χ0) is 17.6. The lowest BCUT2D eigenvalue weighted by Crippen LogP contribution is -2.29. The van der Waals surface area contributed by atoms with Crippen molar-refractivity contribution in [3.8, 4) is 0 Å². The third-order valence-corrected chi connectivity index (χ3v) is 3.72. The first kappa shape index (κ1) is 16.6. The number of hydrogen-bond acceptors (Lipinski definition) is 6. The number of pyridine rings is 2. The molecule has 3 aromatic heterocycles. The Hall–Kier alpha value is -3.22. The van der Waals surface area contributed by atoms with Gasteiger partial charge in [-0.25, -0.2) is 0 Å². The topological polar surface area (TPSA) is 84.2 Å². The van der Waals surface area contributed by atoms with Gasteiger partial charge in [-0.15, -0.1) is 0 Å². The number of aromatic nitrogens is 3. The largest absolute Gasteiger partial charge is 0.360 e. The van der Waals surface area contributed by atoms with Crippen LogP contribution >= 0.6 is 0 Å². The Bertz CT molecular complexity index is 847. The number of aryl methyl sites for hydroxylation is 1. The van der Waals surface area contributed by atoms with Crippen LogP contribution in [0.25, 0.3) is 0 Å². The minimum atomic E-state index is -0.0819. The molecule has 1 amide bonds. The van der Waals surface area contributed by atoms with Crippen molar-refractivity contribution in [3.05, 3.63) is 65.9 Å². The predicted molar refractivity (Wildman–Crippen MR) is 93.7 cm³/mol. The molecule has 3 rings (SSSR count). The minimum Gasteiger partial charge on any atom is -0.360 e. The van der Waals surface area contributed by atoms with Gasteiger partial charge < -0.3 is 14.7 Å². The second kappa shape index (κ2) is 7.57. The highest BCUT2D eigenvalue weighted by molar-refractivity contribution is 5.94. The van der Waals surface area contributed by atoms with Gasteiger partial charge in [0.1, 0.15) is 5.76 Å². The molecule has 0 saturated heterocycles. The van der Waals surface area contributed by atoms with Gasteiger partial charge in [0.25, 0.3) is 5.91 Å². The Labute approximate surface area is 145 Å². The Kier molecular flexibility index (Phi) is 5.03. The molecule has 0 aromatic carbocycles. The number of nitrogens with one attached hydrogen (secondary N) is 1. The van der Waals surface area contributed by atoms with E-state index in [4.69, 9.17) is 4.52 Å². The van der Waals surface area contributed by atoms with Crippen LogP contribution in [0.4, 0.5) is 11.5 Å². The average Bonchev–Trinajstić information content (AvgIpc) is 3.05. The van der Waals surface area contributed by atoms with E-state index in [1.807, 2.05) is 19.1 Å². The molecule has 3 heterocycles. The van der Waals surface area contributed by atoms with Crippen LogP contribution in [-0.4, -0.2) is 39.5 Å². The number of likely N-dealkylation sites (N-methyl/N-ethyl adjacent to an activating group) is 1. The zero-order valence-electron chi connectivity index (χ0n) is 14.1. The van der Waals surface area contributed by atoms with Gasteiger partial charge >= 0.3 is 0 Å². The van der Waals surface area contributed by atoms with Crippen molar-refractivity contribution in [1.82, 2.24) is 20.0 Å². The van der Waals surface area contributed by atoms with Crippen LogP contribution in [0.15, 0.2) is 53.6 Å². The van der Waals surface area contributed by atoms with Gasteiger partial charge in [-0.3, -0.25) is 14.8 Å². The van der Waals surface area contributed by atoms with E-state index in [0.717, 1.165) is 12.0 Å².